The number of aliphatic hydroxyl groups excluding tert-OH is 16. The van der Waals surface area contributed by atoms with E-state index in [2.05, 4.69) is 0 Å². The minimum atomic E-state index is -1.67. The fraction of sp³-hybridized carbons (Fsp3) is 1.00. The molecule has 4 aliphatic heterocycles. The molecule has 2 unspecified atom stereocenters. The average Bonchev–Trinajstić information content (AvgIpc) is 3.77. The van der Waals surface area contributed by atoms with Gasteiger partial charge in [-0.25, -0.2) is 0 Å². The van der Waals surface area contributed by atoms with Crippen LogP contribution in [0.5, 0.6) is 0 Å². The summed E-state index contributed by atoms with van der Waals surface area (Å²) in [6.45, 7) is -2.06. The fourth-order valence-corrected chi connectivity index (χ4v) is 4.33. The molecule has 0 aliphatic carbocycles. The Morgan fingerprint density at radius 1 is 0.511 bits per heavy atom. The lowest BCUT2D eigenvalue weighted by atomic mass is 10.0. The van der Waals surface area contributed by atoms with Gasteiger partial charge in [0, 0.05) is 0 Å². The zero-order valence-electron chi connectivity index (χ0n) is 24.2. The Labute approximate surface area is 257 Å². The van der Waals surface area contributed by atoms with E-state index in [4.69, 9.17) is 101 Å². The second-order valence-electron chi connectivity index (χ2n) is 10.4. The van der Waals surface area contributed by atoms with Crippen molar-refractivity contribution in [1.82, 2.24) is 0 Å². The molecule has 0 amide bonds. The van der Waals surface area contributed by atoms with E-state index in [0.29, 0.717) is 0 Å². The lowest BCUT2D eigenvalue weighted by molar-refractivity contribution is -0.123. The van der Waals surface area contributed by atoms with Gasteiger partial charge < -0.3 is 106 Å². The topological polar surface area (TPSA) is 392 Å². The van der Waals surface area contributed by atoms with Crippen molar-refractivity contribution in [1.29, 1.82) is 0 Å². The highest BCUT2D eigenvalue weighted by Crippen LogP contribution is 2.26. The van der Waals surface area contributed by atoms with Crippen LogP contribution in [0.25, 0.3) is 0 Å². The van der Waals surface area contributed by atoms with E-state index in [1.54, 1.807) is 0 Å². The largest absolute Gasteiger partial charge is 0.412 e. The van der Waals surface area contributed by atoms with Crippen molar-refractivity contribution >= 4 is 0 Å². The summed E-state index contributed by atoms with van der Waals surface area (Å²) in [7, 11) is 0. The summed E-state index contributed by atoms with van der Waals surface area (Å²) in [5.41, 5.74) is 0. The lowest BCUT2D eigenvalue weighted by Crippen LogP contribution is -2.46. The van der Waals surface area contributed by atoms with Gasteiger partial charge in [-0.3, -0.25) is 0 Å². The molecule has 4 saturated heterocycles. The molecule has 0 spiro atoms. The molecule has 16 atom stereocenters. The Hall–Kier alpha value is -0.840. The van der Waals surface area contributed by atoms with Gasteiger partial charge in [-0.05, 0) is 0 Å². The van der Waals surface area contributed by atoms with E-state index in [9.17, 15) is 0 Å². The van der Waals surface area contributed by atoms with E-state index in [0.717, 1.165) is 0 Å². The summed E-state index contributed by atoms with van der Waals surface area (Å²) >= 11 is 0. The third-order valence-electron chi connectivity index (χ3n) is 7.09. The quantitative estimate of drug-likeness (QED) is 0.108. The first-order valence-corrected chi connectivity index (χ1v) is 13.7. The lowest BCUT2D eigenvalue weighted by Gasteiger charge is -2.24. The van der Waals surface area contributed by atoms with Crippen LogP contribution >= 0.6 is 0 Å². The maximum absolute atomic E-state index is 9.16. The van der Waals surface area contributed by atoms with Crippen molar-refractivity contribution < 1.29 is 106 Å². The predicted octanol–water partition coefficient (Wildman–Crippen LogP) is -11.0. The van der Waals surface area contributed by atoms with Crippen LogP contribution in [0.2, 0.25) is 0 Å². The molecule has 4 fully saturated rings. The highest BCUT2D eigenvalue weighted by Gasteiger charge is 2.46. The number of hydrogen-bond donors (Lipinski definition) is 16. The monoisotopic (exact) mass is 674 g/mol. The molecule has 4 heterocycles. The van der Waals surface area contributed by atoms with Gasteiger partial charge >= 0.3 is 0 Å². The number of rotatable bonds is 9. The van der Waals surface area contributed by atoms with Crippen LogP contribution in [-0.2, 0) is 18.9 Å². The van der Waals surface area contributed by atoms with Crippen molar-refractivity contribution in [3.63, 3.8) is 0 Å². The molecule has 0 aromatic carbocycles. The number of aliphatic hydroxyl groups is 16. The normalized spacial score (nSPS) is 38.5. The van der Waals surface area contributed by atoms with Gasteiger partial charge in [0.05, 0.1) is 52.9 Å². The van der Waals surface area contributed by atoms with Crippen molar-refractivity contribution in [2.75, 3.05) is 52.9 Å². The van der Waals surface area contributed by atoms with Crippen LogP contribution in [0.3, 0.4) is 0 Å². The Balaban J connectivity index is 0.000000570. The van der Waals surface area contributed by atoms with Gasteiger partial charge in [-0.2, -0.15) is 0 Å². The molecular formula is C24H50O21. The zero-order valence-corrected chi connectivity index (χ0v) is 24.2. The van der Waals surface area contributed by atoms with Gasteiger partial charge in [-0.1, -0.05) is 0 Å². The van der Waals surface area contributed by atoms with E-state index in [-0.39, 0.29) is 50.7 Å². The molecule has 272 valence electrons. The molecule has 0 bridgehead atoms. The molecule has 0 aromatic heterocycles. The van der Waals surface area contributed by atoms with Crippen LogP contribution < -0.4 is 0 Å². The standard InChI is InChI=1S/C6H14O6.2C6H12O5.C6H10O4.H2O/c7-1-3(9)5(11)6(12)4(10)2-8;7-1-3(8)6-5(10)4(9)2-11-6;7-1-3-5(9)6(10)4(2-8)11-3;7-3-1-9-6-4(8)2-10-5(3)6;/h3-12H,1-2H2;2*3-10H,1-2H2;3-8H,1-2H2;1H2/t3-,4-,5-,6-;3-,4+,5+,6-;3?,4?,5-,6+;3-,4-,5-,6-;/m11.1./s1. The molecule has 18 N–H and O–H groups in total. The van der Waals surface area contributed by atoms with E-state index < -0.39 is 105 Å². The van der Waals surface area contributed by atoms with Crippen molar-refractivity contribution in [2.45, 2.75) is 97.7 Å². The molecule has 0 aromatic rings. The number of hydrogen-bond acceptors (Lipinski definition) is 20. The second-order valence-corrected chi connectivity index (χ2v) is 10.4. The van der Waals surface area contributed by atoms with Crippen molar-refractivity contribution in [2.24, 2.45) is 0 Å². The maximum Gasteiger partial charge on any atom is 0.114 e. The molecule has 21 nitrogen and oxygen atoms in total. The first kappa shape index (κ1) is 44.2. The highest BCUT2D eigenvalue weighted by atomic mass is 16.6. The zero-order chi connectivity index (χ0) is 33.7. The Bertz CT molecular complexity index is 706. The Morgan fingerprint density at radius 3 is 1.16 bits per heavy atom. The highest BCUT2D eigenvalue weighted by molar-refractivity contribution is 4.94. The summed E-state index contributed by atoms with van der Waals surface area (Å²) < 4.78 is 19.9. The molecule has 0 saturated carbocycles. The van der Waals surface area contributed by atoms with Crippen LogP contribution in [0.4, 0.5) is 0 Å². The molecule has 45 heavy (non-hydrogen) atoms. The van der Waals surface area contributed by atoms with Crippen molar-refractivity contribution in [3.05, 3.63) is 0 Å². The van der Waals surface area contributed by atoms with E-state index in [1.165, 1.54) is 0 Å². The summed E-state index contributed by atoms with van der Waals surface area (Å²) in [5, 5.41) is 141. The summed E-state index contributed by atoms with van der Waals surface area (Å²) in [6, 6.07) is 0. The van der Waals surface area contributed by atoms with Gasteiger partial charge in [0.2, 0.25) is 0 Å². The minimum absolute atomic E-state index is 0. The summed E-state index contributed by atoms with van der Waals surface area (Å²) in [5.74, 6) is 0. The average molecular weight is 675 g/mol. The third kappa shape index (κ3) is 12.6. The molecule has 0 radical (unpaired) electrons. The van der Waals surface area contributed by atoms with Crippen LogP contribution in [-0.4, -0.2) is 238 Å². The van der Waals surface area contributed by atoms with Gasteiger partial charge in [0.1, 0.15) is 97.7 Å². The van der Waals surface area contributed by atoms with E-state index in [1.807, 2.05) is 0 Å². The predicted molar refractivity (Wildman–Crippen MR) is 143 cm³/mol. The number of fused-ring (bicyclic) bond motifs is 1. The Kier molecular flexibility index (Phi) is 21.5. The van der Waals surface area contributed by atoms with Crippen molar-refractivity contribution in [3.8, 4) is 0 Å². The second kappa shape index (κ2) is 21.9. The SMILES string of the molecule is O.OCC1OC(CO)[C@H](O)[C@@H]1O.OC[C@@H](O)[C@@H](O)[C@H](O)[C@H](O)CO.OC[C@@H](O)[C@H]1OC[C@H](O)[C@@H]1O.O[C@@H]1CO[C@H]2[C@@H]1OC[C@H]2O. The van der Waals surface area contributed by atoms with Gasteiger partial charge in [0.25, 0.3) is 0 Å². The Morgan fingerprint density at radius 2 is 0.889 bits per heavy atom. The summed E-state index contributed by atoms with van der Waals surface area (Å²) in [4.78, 5) is 0. The third-order valence-corrected chi connectivity index (χ3v) is 7.09. The fourth-order valence-electron chi connectivity index (χ4n) is 4.33. The maximum atomic E-state index is 9.16. The van der Waals surface area contributed by atoms with Gasteiger partial charge in [0.15, 0.2) is 0 Å². The first-order chi connectivity index (χ1) is 20.7. The minimum Gasteiger partial charge on any atom is -0.412 e. The smallest absolute Gasteiger partial charge is 0.114 e. The molecule has 4 aliphatic rings. The van der Waals surface area contributed by atoms with Gasteiger partial charge in [-0.15, -0.1) is 0 Å². The van der Waals surface area contributed by atoms with Crippen LogP contribution in [0.1, 0.15) is 0 Å². The molecular weight excluding hydrogens is 624 g/mol. The van der Waals surface area contributed by atoms with Crippen LogP contribution in [0.15, 0.2) is 0 Å². The molecule has 21 heteroatoms. The number of ether oxygens (including phenoxy) is 4. The van der Waals surface area contributed by atoms with Crippen LogP contribution in [0, 0.1) is 0 Å². The first-order valence-electron chi connectivity index (χ1n) is 13.7. The summed E-state index contributed by atoms with van der Waals surface area (Å²) in [6.07, 6.45) is -15.9. The van der Waals surface area contributed by atoms with E-state index >= 15 is 0 Å². The molecule has 4 rings (SSSR count).